The van der Waals surface area contributed by atoms with Crippen molar-refractivity contribution in [3.05, 3.63) is 47.8 Å². The molecule has 2 N–H and O–H groups in total. The predicted octanol–water partition coefficient (Wildman–Crippen LogP) is 2.56. The number of nitrogen functional groups attached to an aromatic ring is 1. The largest absolute Gasteiger partial charge is 0.416 e. The van der Waals surface area contributed by atoms with Gasteiger partial charge in [-0.2, -0.15) is 18.3 Å². The normalized spacial score (nSPS) is 16.4. The van der Waals surface area contributed by atoms with Gasteiger partial charge in [-0.1, -0.05) is 12.1 Å². The molecule has 2 aromatic rings. The van der Waals surface area contributed by atoms with Gasteiger partial charge < -0.3 is 10.6 Å². The van der Waals surface area contributed by atoms with Crippen LogP contribution in [0.1, 0.15) is 25.0 Å². The van der Waals surface area contributed by atoms with E-state index in [9.17, 15) is 18.0 Å². The van der Waals surface area contributed by atoms with E-state index in [0.717, 1.165) is 17.7 Å². The van der Waals surface area contributed by atoms with Crippen molar-refractivity contribution in [1.82, 2.24) is 19.6 Å². The Hall–Kier alpha value is -2.55. The molecule has 1 aromatic carbocycles. The van der Waals surface area contributed by atoms with E-state index in [1.807, 2.05) is 0 Å². The minimum atomic E-state index is -4.32. The third-order valence-electron chi connectivity index (χ3n) is 5.05. The first kappa shape index (κ1) is 20.2. The molecular formula is C19H24F3N5O. The molecule has 2 heterocycles. The number of piperazine rings is 1. The van der Waals surface area contributed by atoms with Crippen molar-refractivity contribution in [3.8, 4) is 0 Å². The number of carbonyl (C=O) groups excluding carboxylic acids is 1. The summed E-state index contributed by atoms with van der Waals surface area (Å²) >= 11 is 0. The molecule has 152 valence electrons. The topological polar surface area (TPSA) is 67.4 Å². The highest BCUT2D eigenvalue weighted by atomic mass is 19.4. The van der Waals surface area contributed by atoms with Crippen molar-refractivity contribution in [3.63, 3.8) is 0 Å². The molecule has 9 heteroatoms. The van der Waals surface area contributed by atoms with Crippen LogP contribution in [0.25, 0.3) is 0 Å². The van der Waals surface area contributed by atoms with E-state index in [2.05, 4.69) is 10.00 Å². The number of halogens is 3. The monoisotopic (exact) mass is 395 g/mol. The lowest BCUT2D eigenvalue weighted by Gasteiger charge is -2.38. The van der Waals surface area contributed by atoms with Crippen molar-refractivity contribution in [2.24, 2.45) is 0 Å². The van der Waals surface area contributed by atoms with Gasteiger partial charge in [0.2, 0.25) is 5.91 Å². The highest BCUT2D eigenvalue weighted by molar-refractivity contribution is 5.83. The zero-order chi connectivity index (χ0) is 20.5. The number of benzene rings is 1. The summed E-state index contributed by atoms with van der Waals surface area (Å²) in [5.41, 5.74) is 5.54. The number of aromatic nitrogens is 2. The molecule has 1 aliphatic heterocycles. The van der Waals surface area contributed by atoms with Crippen LogP contribution in [0.2, 0.25) is 0 Å². The summed E-state index contributed by atoms with van der Waals surface area (Å²) in [6.45, 7) is 6.58. The second-order valence-corrected chi connectivity index (χ2v) is 7.54. The standard InChI is InChI=1S/C19H24F3N5O/c1-18(2,27-13-16(23)11-24-27)17(28)26-9-7-25(8-10-26)12-14-3-5-15(6-4-14)19(20,21)22/h3-6,11,13H,7-10,12,23H2,1-2H3. The van der Waals surface area contributed by atoms with Crippen LogP contribution in [-0.4, -0.2) is 51.7 Å². The molecule has 0 unspecified atom stereocenters. The van der Waals surface area contributed by atoms with E-state index in [0.29, 0.717) is 38.4 Å². The molecule has 0 radical (unpaired) electrons. The maximum absolute atomic E-state index is 12.9. The molecule has 1 amide bonds. The number of nitrogens with zero attached hydrogens (tertiary/aromatic N) is 4. The summed E-state index contributed by atoms with van der Waals surface area (Å²) in [6.07, 6.45) is -1.17. The minimum Gasteiger partial charge on any atom is -0.396 e. The van der Waals surface area contributed by atoms with E-state index < -0.39 is 17.3 Å². The minimum absolute atomic E-state index is 0.0372. The molecule has 1 aliphatic rings. The van der Waals surface area contributed by atoms with Gasteiger partial charge in [-0.05, 0) is 31.5 Å². The predicted molar refractivity (Wildman–Crippen MR) is 99.3 cm³/mol. The summed E-state index contributed by atoms with van der Waals surface area (Å²) < 4.78 is 39.5. The zero-order valence-electron chi connectivity index (χ0n) is 15.9. The number of nitrogens with two attached hydrogens (primary N) is 1. The smallest absolute Gasteiger partial charge is 0.396 e. The third kappa shape index (κ3) is 4.30. The molecule has 0 atom stereocenters. The first-order chi connectivity index (χ1) is 13.1. The Morgan fingerprint density at radius 1 is 1.11 bits per heavy atom. The van der Waals surface area contributed by atoms with Crippen LogP contribution < -0.4 is 5.73 Å². The molecule has 0 spiro atoms. The maximum Gasteiger partial charge on any atom is 0.416 e. The summed E-state index contributed by atoms with van der Waals surface area (Å²) in [5.74, 6) is -0.0372. The van der Waals surface area contributed by atoms with Gasteiger partial charge >= 0.3 is 6.18 Å². The molecule has 0 saturated carbocycles. The zero-order valence-corrected chi connectivity index (χ0v) is 15.9. The van der Waals surface area contributed by atoms with Crippen LogP contribution >= 0.6 is 0 Å². The maximum atomic E-state index is 12.9. The summed E-state index contributed by atoms with van der Waals surface area (Å²) in [4.78, 5) is 16.8. The van der Waals surface area contributed by atoms with Crippen LogP contribution in [0.3, 0.4) is 0 Å². The van der Waals surface area contributed by atoms with E-state index in [1.165, 1.54) is 18.3 Å². The number of amides is 1. The Kier molecular flexibility index (Phi) is 5.38. The fourth-order valence-corrected chi connectivity index (χ4v) is 3.29. The van der Waals surface area contributed by atoms with Crippen molar-refractivity contribution in [2.45, 2.75) is 32.1 Å². The van der Waals surface area contributed by atoms with E-state index in [4.69, 9.17) is 5.73 Å². The van der Waals surface area contributed by atoms with Crippen LogP contribution in [0, 0.1) is 0 Å². The number of carbonyl (C=O) groups is 1. The van der Waals surface area contributed by atoms with E-state index >= 15 is 0 Å². The Balaban J connectivity index is 1.56. The van der Waals surface area contributed by atoms with Crippen molar-refractivity contribution in [2.75, 3.05) is 31.9 Å². The molecule has 28 heavy (non-hydrogen) atoms. The Labute approximate surface area is 161 Å². The van der Waals surface area contributed by atoms with Crippen molar-refractivity contribution < 1.29 is 18.0 Å². The number of hydrogen-bond donors (Lipinski definition) is 1. The second-order valence-electron chi connectivity index (χ2n) is 7.54. The molecule has 0 bridgehead atoms. The van der Waals surface area contributed by atoms with Gasteiger partial charge in [0.05, 0.1) is 17.4 Å². The van der Waals surface area contributed by atoms with Gasteiger partial charge in [0, 0.05) is 38.9 Å². The average Bonchev–Trinajstić information content (AvgIpc) is 3.09. The highest BCUT2D eigenvalue weighted by Crippen LogP contribution is 2.29. The van der Waals surface area contributed by atoms with Crippen molar-refractivity contribution >= 4 is 11.6 Å². The molecule has 3 rings (SSSR count). The van der Waals surface area contributed by atoms with Crippen LogP contribution in [0.5, 0.6) is 0 Å². The van der Waals surface area contributed by atoms with Gasteiger partial charge in [-0.15, -0.1) is 0 Å². The van der Waals surface area contributed by atoms with Crippen LogP contribution in [-0.2, 0) is 23.1 Å². The van der Waals surface area contributed by atoms with Gasteiger partial charge in [-0.25, -0.2) is 0 Å². The second kappa shape index (κ2) is 7.46. The molecule has 1 aromatic heterocycles. The van der Waals surface area contributed by atoms with E-state index in [-0.39, 0.29) is 5.91 Å². The highest BCUT2D eigenvalue weighted by Gasteiger charge is 2.36. The van der Waals surface area contributed by atoms with Gasteiger partial charge in [0.25, 0.3) is 0 Å². The number of anilines is 1. The van der Waals surface area contributed by atoms with Crippen molar-refractivity contribution in [1.29, 1.82) is 0 Å². The lowest BCUT2D eigenvalue weighted by molar-refractivity contribution is -0.141. The lowest BCUT2D eigenvalue weighted by atomic mass is 10.0. The van der Waals surface area contributed by atoms with Gasteiger partial charge in [0.1, 0.15) is 5.54 Å². The lowest BCUT2D eigenvalue weighted by Crippen LogP contribution is -2.54. The Morgan fingerprint density at radius 3 is 2.21 bits per heavy atom. The SMILES string of the molecule is CC(C)(C(=O)N1CCN(Cc2ccc(C(F)(F)F)cc2)CC1)n1cc(N)cn1. The molecule has 6 nitrogen and oxygen atoms in total. The first-order valence-electron chi connectivity index (χ1n) is 9.06. The number of rotatable bonds is 4. The third-order valence-corrected chi connectivity index (χ3v) is 5.05. The fraction of sp³-hybridized carbons (Fsp3) is 0.474. The molecule has 0 aliphatic carbocycles. The van der Waals surface area contributed by atoms with Crippen LogP contribution in [0.15, 0.2) is 36.7 Å². The van der Waals surface area contributed by atoms with Gasteiger partial charge in [-0.3, -0.25) is 14.4 Å². The first-order valence-corrected chi connectivity index (χ1v) is 9.06. The quantitative estimate of drug-likeness (QED) is 0.864. The molecular weight excluding hydrogens is 371 g/mol. The summed E-state index contributed by atoms with van der Waals surface area (Å²) in [6, 6.07) is 5.22. The van der Waals surface area contributed by atoms with Crippen LogP contribution in [0.4, 0.5) is 18.9 Å². The fourth-order valence-electron chi connectivity index (χ4n) is 3.29. The van der Waals surface area contributed by atoms with Gasteiger partial charge in [0.15, 0.2) is 0 Å². The Bertz CT molecular complexity index is 821. The van der Waals surface area contributed by atoms with E-state index in [1.54, 1.807) is 29.6 Å². The molecule has 1 fully saturated rings. The summed E-state index contributed by atoms with van der Waals surface area (Å²) in [5, 5.41) is 4.15. The Morgan fingerprint density at radius 2 is 1.71 bits per heavy atom. The molecule has 1 saturated heterocycles. The number of alkyl halides is 3. The average molecular weight is 395 g/mol. The summed E-state index contributed by atoms with van der Waals surface area (Å²) in [7, 11) is 0. The number of hydrogen-bond acceptors (Lipinski definition) is 4.